The summed E-state index contributed by atoms with van der Waals surface area (Å²) < 4.78 is 10.7. The highest BCUT2D eigenvalue weighted by Gasteiger charge is 2.59. The standard InChI is InChI=1S/C30H50O3/c1-7-32-28(31)33-23-15-17-29(5)22(19-23)11-12-24-26-14-13-25(21(4)10-8-9-20(2)3)30(26,6)18-16-27(24)29/h11,20-21,23-27H,7-10,12-19H2,1-6H3/t21-,23-,24-,25+,26-,27-,29-,30+/m0/s1. The van der Waals surface area contributed by atoms with E-state index in [-0.39, 0.29) is 6.10 Å². The minimum atomic E-state index is -0.492. The Hall–Kier alpha value is -0.990. The molecule has 0 amide bonds. The van der Waals surface area contributed by atoms with Crippen molar-refractivity contribution in [3.63, 3.8) is 0 Å². The van der Waals surface area contributed by atoms with E-state index in [4.69, 9.17) is 9.47 Å². The molecule has 0 saturated heterocycles. The van der Waals surface area contributed by atoms with Gasteiger partial charge in [0.25, 0.3) is 0 Å². The molecule has 0 heterocycles. The summed E-state index contributed by atoms with van der Waals surface area (Å²) in [6.45, 7) is 14.7. The molecule has 4 aliphatic rings. The average Bonchev–Trinajstić information content (AvgIpc) is 3.11. The highest BCUT2D eigenvalue weighted by Crippen LogP contribution is 2.67. The fourth-order valence-corrected chi connectivity index (χ4v) is 9.04. The predicted octanol–water partition coefficient (Wildman–Crippen LogP) is 8.57. The number of hydrogen-bond acceptors (Lipinski definition) is 3. The van der Waals surface area contributed by atoms with E-state index in [0.717, 1.165) is 54.8 Å². The molecular weight excluding hydrogens is 408 g/mol. The van der Waals surface area contributed by atoms with Crippen LogP contribution in [0.5, 0.6) is 0 Å². The molecule has 3 fully saturated rings. The lowest BCUT2D eigenvalue weighted by Crippen LogP contribution is -2.51. The Bertz CT molecular complexity index is 726. The molecule has 4 rings (SSSR count). The zero-order chi connectivity index (χ0) is 23.8. The van der Waals surface area contributed by atoms with Crippen LogP contribution >= 0.6 is 0 Å². The van der Waals surface area contributed by atoms with Crippen LogP contribution in [-0.2, 0) is 9.47 Å². The molecule has 188 valence electrons. The van der Waals surface area contributed by atoms with Crippen molar-refractivity contribution in [2.75, 3.05) is 6.61 Å². The summed E-state index contributed by atoms with van der Waals surface area (Å²) in [6, 6.07) is 0. The number of rotatable bonds is 7. The molecule has 8 atom stereocenters. The summed E-state index contributed by atoms with van der Waals surface area (Å²) in [5, 5.41) is 0. The first-order chi connectivity index (χ1) is 15.7. The molecule has 0 aromatic rings. The Kier molecular flexibility index (Phi) is 7.56. The molecule has 0 aromatic carbocycles. The normalized spacial score (nSPS) is 40.9. The van der Waals surface area contributed by atoms with E-state index in [1.54, 1.807) is 5.57 Å². The third-order valence-corrected chi connectivity index (χ3v) is 10.8. The van der Waals surface area contributed by atoms with Gasteiger partial charge in [-0.2, -0.15) is 0 Å². The van der Waals surface area contributed by atoms with Crippen molar-refractivity contribution in [2.24, 2.45) is 46.3 Å². The summed E-state index contributed by atoms with van der Waals surface area (Å²) in [4.78, 5) is 11.9. The van der Waals surface area contributed by atoms with Gasteiger partial charge in [-0.05, 0) is 98.2 Å². The zero-order valence-corrected chi connectivity index (χ0v) is 22.3. The van der Waals surface area contributed by atoms with Crippen molar-refractivity contribution in [3.8, 4) is 0 Å². The van der Waals surface area contributed by atoms with E-state index in [1.165, 1.54) is 51.4 Å². The van der Waals surface area contributed by atoms with E-state index >= 15 is 0 Å². The van der Waals surface area contributed by atoms with Crippen molar-refractivity contribution < 1.29 is 14.3 Å². The second-order valence-corrected chi connectivity index (χ2v) is 13.0. The molecule has 33 heavy (non-hydrogen) atoms. The first-order valence-electron chi connectivity index (χ1n) is 14.2. The second-order valence-electron chi connectivity index (χ2n) is 13.0. The molecule has 0 spiro atoms. The summed E-state index contributed by atoms with van der Waals surface area (Å²) in [5.74, 6) is 5.19. The largest absolute Gasteiger partial charge is 0.508 e. The lowest BCUT2D eigenvalue weighted by Gasteiger charge is -2.58. The van der Waals surface area contributed by atoms with Crippen LogP contribution in [0.4, 0.5) is 4.79 Å². The van der Waals surface area contributed by atoms with Gasteiger partial charge in [0, 0.05) is 6.42 Å². The fourth-order valence-electron chi connectivity index (χ4n) is 9.04. The SMILES string of the molecule is CCOC(=O)O[C@H]1CC[C@@]2(C)C(=CC[C@H]3[C@@H]4CC[C@H]([C@@H](C)CCCC(C)C)[C@@]4(C)CC[C@@H]32)C1. The maximum absolute atomic E-state index is 11.9. The van der Waals surface area contributed by atoms with Gasteiger partial charge in [0.1, 0.15) is 6.10 Å². The van der Waals surface area contributed by atoms with Crippen LogP contribution < -0.4 is 0 Å². The van der Waals surface area contributed by atoms with E-state index in [2.05, 4.69) is 40.7 Å². The summed E-state index contributed by atoms with van der Waals surface area (Å²) in [6.07, 6.45) is 16.3. The molecule has 3 nitrogen and oxygen atoms in total. The van der Waals surface area contributed by atoms with Crippen LogP contribution in [0.15, 0.2) is 11.6 Å². The van der Waals surface area contributed by atoms with Crippen LogP contribution in [0.2, 0.25) is 0 Å². The van der Waals surface area contributed by atoms with Crippen LogP contribution in [0.3, 0.4) is 0 Å². The monoisotopic (exact) mass is 458 g/mol. The van der Waals surface area contributed by atoms with Gasteiger partial charge in [-0.25, -0.2) is 4.79 Å². The lowest BCUT2D eigenvalue weighted by atomic mass is 9.47. The van der Waals surface area contributed by atoms with Gasteiger partial charge in [-0.15, -0.1) is 0 Å². The number of allylic oxidation sites excluding steroid dienone is 1. The van der Waals surface area contributed by atoms with Gasteiger partial charge >= 0.3 is 6.16 Å². The quantitative estimate of drug-likeness (QED) is 0.283. The van der Waals surface area contributed by atoms with Gasteiger partial charge in [0.15, 0.2) is 0 Å². The summed E-state index contributed by atoms with van der Waals surface area (Å²) >= 11 is 0. The van der Waals surface area contributed by atoms with E-state index in [0.29, 0.717) is 17.4 Å². The van der Waals surface area contributed by atoms with Gasteiger partial charge in [-0.1, -0.05) is 65.5 Å². The number of fused-ring (bicyclic) bond motifs is 5. The highest BCUT2D eigenvalue weighted by molar-refractivity contribution is 5.60. The number of hydrogen-bond donors (Lipinski definition) is 0. The van der Waals surface area contributed by atoms with Crippen LogP contribution in [-0.4, -0.2) is 18.9 Å². The van der Waals surface area contributed by atoms with Crippen molar-refractivity contribution in [2.45, 2.75) is 118 Å². The molecule has 3 heteroatoms. The molecule has 0 bridgehead atoms. The molecule has 4 aliphatic carbocycles. The number of carbonyl (C=O) groups excluding carboxylic acids is 1. The van der Waals surface area contributed by atoms with Crippen molar-refractivity contribution in [1.29, 1.82) is 0 Å². The molecular formula is C30H50O3. The van der Waals surface area contributed by atoms with Crippen LogP contribution in [0.1, 0.15) is 112 Å². The maximum atomic E-state index is 11.9. The van der Waals surface area contributed by atoms with Crippen LogP contribution in [0.25, 0.3) is 0 Å². The van der Waals surface area contributed by atoms with Gasteiger partial charge in [-0.3, -0.25) is 0 Å². The molecule has 0 unspecified atom stereocenters. The van der Waals surface area contributed by atoms with Gasteiger partial charge < -0.3 is 9.47 Å². The van der Waals surface area contributed by atoms with Crippen LogP contribution in [0, 0.1) is 46.3 Å². The Morgan fingerprint density at radius 1 is 1.06 bits per heavy atom. The smallest absolute Gasteiger partial charge is 0.435 e. The lowest BCUT2D eigenvalue weighted by molar-refractivity contribution is -0.0615. The second kappa shape index (κ2) is 9.94. The Labute approximate surface area is 203 Å². The fraction of sp³-hybridized carbons (Fsp3) is 0.900. The highest BCUT2D eigenvalue weighted by atomic mass is 16.7. The van der Waals surface area contributed by atoms with Gasteiger partial charge in [0.05, 0.1) is 6.61 Å². The molecule has 0 aliphatic heterocycles. The number of ether oxygens (including phenoxy) is 2. The first-order valence-corrected chi connectivity index (χ1v) is 14.2. The summed E-state index contributed by atoms with van der Waals surface area (Å²) in [7, 11) is 0. The average molecular weight is 459 g/mol. The van der Waals surface area contributed by atoms with Crippen molar-refractivity contribution in [3.05, 3.63) is 11.6 Å². The molecule has 3 saturated carbocycles. The molecule has 0 aromatic heterocycles. The van der Waals surface area contributed by atoms with E-state index in [1.807, 2.05) is 6.92 Å². The predicted molar refractivity (Wildman–Crippen MR) is 135 cm³/mol. The Morgan fingerprint density at radius 3 is 2.58 bits per heavy atom. The maximum Gasteiger partial charge on any atom is 0.508 e. The zero-order valence-electron chi connectivity index (χ0n) is 22.3. The third-order valence-electron chi connectivity index (χ3n) is 10.8. The van der Waals surface area contributed by atoms with Crippen molar-refractivity contribution in [1.82, 2.24) is 0 Å². The van der Waals surface area contributed by atoms with E-state index < -0.39 is 6.16 Å². The molecule has 0 N–H and O–H groups in total. The minimum Gasteiger partial charge on any atom is -0.435 e. The first kappa shape index (κ1) is 25.1. The Balaban J connectivity index is 1.43. The summed E-state index contributed by atoms with van der Waals surface area (Å²) in [5.41, 5.74) is 2.42. The molecule has 0 radical (unpaired) electrons. The topological polar surface area (TPSA) is 35.5 Å². The number of carbonyl (C=O) groups is 1. The van der Waals surface area contributed by atoms with E-state index in [9.17, 15) is 4.79 Å². The van der Waals surface area contributed by atoms with Crippen molar-refractivity contribution >= 4 is 6.16 Å². The van der Waals surface area contributed by atoms with Gasteiger partial charge in [0.2, 0.25) is 0 Å². The third kappa shape index (κ3) is 4.76. The minimum absolute atomic E-state index is 0.00340. The Morgan fingerprint density at radius 2 is 1.85 bits per heavy atom.